The first kappa shape index (κ1) is 30.8. The number of nitrogens with one attached hydrogen (secondary N) is 1. The first-order valence-corrected chi connectivity index (χ1v) is 16.1. The summed E-state index contributed by atoms with van der Waals surface area (Å²) in [5.74, 6) is 6.97. The molecule has 1 N–H and O–H groups in total. The summed E-state index contributed by atoms with van der Waals surface area (Å²) >= 11 is 19.4. The number of halogens is 3. The molecule has 0 radical (unpaired) electrons. The van der Waals surface area contributed by atoms with E-state index in [1.54, 1.807) is 36.4 Å². The van der Waals surface area contributed by atoms with Gasteiger partial charge in [-0.2, -0.15) is 0 Å². The molecule has 0 amide bonds. The number of anilines is 1. The molecule has 8 nitrogen and oxygen atoms in total. The molecule has 4 aromatic rings. The Bertz CT molecular complexity index is 1850. The molecule has 1 heterocycles. The number of ether oxygens (including phenoxy) is 2. The highest BCUT2D eigenvalue weighted by Crippen LogP contribution is 2.46. The van der Waals surface area contributed by atoms with Crippen molar-refractivity contribution in [2.45, 2.75) is 25.2 Å². The molecule has 0 atom stereocenters. The molecule has 12 heteroatoms. The molecule has 0 bridgehead atoms. The van der Waals surface area contributed by atoms with Crippen LogP contribution in [0, 0.1) is 11.8 Å². The van der Waals surface area contributed by atoms with Crippen molar-refractivity contribution in [1.82, 2.24) is 5.16 Å². The number of rotatable bonds is 9. The molecular formula is C31H25Cl3N2O6S. The van der Waals surface area contributed by atoms with E-state index < -0.39 is 16.0 Å². The molecule has 0 unspecified atom stereocenters. The summed E-state index contributed by atoms with van der Waals surface area (Å²) in [4.78, 5) is 12.1. The number of methoxy groups -OCH3 is 1. The van der Waals surface area contributed by atoms with Crippen molar-refractivity contribution < 1.29 is 27.2 Å². The normalized spacial score (nSPS) is 12.8. The van der Waals surface area contributed by atoms with Gasteiger partial charge in [-0.15, -0.1) is 0 Å². The SMILES string of the molecule is COC(=O)c1cc(C#Cc2ccc(OCCc3c(-c4c(Cl)cccc4Cl)noc3C3CC3)cc2Cl)cc(NS(C)(=O)=O)c1. The molecule has 1 fully saturated rings. The molecule has 3 aromatic carbocycles. The Balaban J connectivity index is 1.32. The molecule has 1 aliphatic carbocycles. The smallest absolute Gasteiger partial charge is 0.337 e. The molecule has 1 aromatic heterocycles. The van der Waals surface area contributed by atoms with Gasteiger partial charge in [0.2, 0.25) is 10.0 Å². The zero-order chi connectivity index (χ0) is 30.7. The van der Waals surface area contributed by atoms with E-state index in [-0.39, 0.29) is 11.3 Å². The van der Waals surface area contributed by atoms with Crippen LogP contribution < -0.4 is 9.46 Å². The number of carbonyl (C=O) groups is 1. The fourth-order valence-electron chi connectivity index (χ4n) is 4.46. The van der Waals surface area contributed by atoms with E-state index in [0.717, 1.165) is 30.4 Å². The van der Waals surface area contributed by atoms with Crippen molar-refractivity contribution >= 4 is 56.5 Å². The first-order valence-electron chi connectivity index (χ1n) is 13.1. The van der Waals surface area contributed by atoms with E-state index in [2.05, 4.69) is 21.7 Å². The van der Waals surface area contributed by atoms with Crippen LogP contribution in [-0.4, -0.2) is 39.5 Å². The van der Waals surface area contributed by atoms with Crippen molar-refractivity contribution in [3.8, 4) is 28.8 Å². The molecule has 0 spiro atoms. The maximum atomic E-state index is 12.1. The van der Waals surface area contributed by atoms with Crippen molar-refractivity contribution in [2.24, 2.45) is 0 Å². The molecule has 1 aliphatic rings. The van der Waals surface area contributed by atoms with Crippen LogP contribution in [0.4, 0.5) is 5.69 Å². The molecule has 0 aliphatic heterocycles. The van der Waals surface area contributed by atoms with Crippen LogP contribution in [-0.2, 0) is 21.2 Å². The molecular weight excluding hydrogens is 635 g/mol. The maximum Gasteiger partial charge on any atom is 0.337 e. The monoisotopic (exact) mass is 658 g/mol. The van der Waals surface area contributed by atoms with Gasteiger partial charge < -0.3 is 14.0 Å². The zero-order valence-corrected chi connectivity index (χ0v) is 26.1. The molecule has 5 rings (SSSR count). The van der Waals surface area contributed by atoms with Crippen molar-refractivity contribution in [1.29, 1.82) is 0 Å². The van der Waals surface area contributed by atoms with Crippen LogP contribution in [0.5, 0.6) is 5.75 Å². The number of benzene rings is 3. The van der Waals surface area contributed by atoms with Crippen LogP contribution in [0.3, 0.4) is 0 Å². The van der Waals surface area contributed by atoms with Gasteiger partial charge in [0.05, 0.1) is 46.3 Å². The second kappa shape index (κ2) is 12.9. The van der Waals surface area contributed by atoms with E-state index in [4.69, 9.17) is 48.8 Å². The van der Waals surface area contributed by atoms with Crippen LogP contribution in [0.1, 0.15) is 51.6 Å². The van der Waals surface area contributed by atoms with Gasteiger partial charge in [-0.3, -0.25) is 4.72 Å². The number of esters is 1. The Morgan fingerprint density at radius 3 is 2.44 bits per heavy atom. The van der Waals surface area contributed by atoms with Crippen molar-refractivity contribution in [3.63, 3.8) is 0 Å². The van der Waals surface area contributed by atoms with Gasteiger partial charge >= 0.3 is 5.97 Å². The lowest BCUT2D eigenvalue weighted by Crippen LogP contribution is -2.11. The summed E-state index contributed by atoms with van der Waals surface area (Å²) in [6.45, 7) is 0.327. The maximum absolute atomic E-state index is 12.1. The summed E-state index contributed by atoms with van der Waals surface area (Å²) in [6.07, 6.45) is 3.61. The Hall–Kier alpha value is -3.68. The summed E-state index contributed by atoms with van der Waals surface area (Å²) in [6, 6.07) is 14.8. The minimum atomic E-state index is -3.57. The van der Waals surface area contributed by atoms with E-state index in [0.29, 0.717) is 62.1 Å². The number of carbonyl (C=O) groups excluding carboxylic acids is 1. The Kier molecular flexibility index (Phi) is 9.23. The highest BCUT2D eigenvalue weighted by molar-refractivity contribution is 7.92. The number of hydrogen-bond acceptors (Lipinski definition) is 7. The van der Waals surface area contributed by atoms with E-state index >= 15 is 0 Å². The minimum Gasteiger partial charge on any atom is -0.493 e. The van der Waals surface area contributed by atoms with Gasteiger partial charge in [0.15, 0.2) is 0 Å². The Labute approximate surface area is 264 Å². The van der Waals surface area contributed by atoms with Gasteiger partial charge in [0.25, 0.3) is 0 Å². The average Bonchev–Trinajstić information content (AvgIpc) is 3.71. The lowest BCUT2D eigenvalue weighted by atomic mass is 10.0. The highest BCUT2D eigenvalue weighted by Gasteiger charge is 2.33. The van der Waals surface area contributed by atoms with E-state index in [9.17, 15) is 13.2 Å². The van der Waals surface area contributed by atoms with Gasteiger partial charge in [-0.1, -0.05) is 57.9 Å². The summed E-state index contributed by atoms with van der Waals surface area (Å²) in [7, 11) is -2.34. The number of hydrogen-bond donors (Lipinski definition) is 1. The van der Waals surface area contributed by atoms with Crippen LogP contribution in [0.25, 0.3) is 11.3 Å². The molecule has 43 heavy (non-hydrogen) atoms. The molecule has 222 valence electrons. The summed E-state index contributed by atoms with van der Waals surface area (Å²) < 4.78 is 42.3. The van der Waals surface area contributed by atoms with Gasteiger partial charge in [-0.05, 0) is 55.3 Å². The van der Waals surface area contributed by atoms with Crippen LogP contribution >= 0.6 is 34.8 Å². The fourth-order valence-corrected chi connectivity index (χ4v) is 5.80. The van der Waals surface area contributed by atoms with Gasteiger partial charge in [0.1, 0.15) is 17.2 Å². The lowest BCUT2D eigenvalue weighted by Gasteiger charge is -2.10. The summed E-state index contributed by atoms with van der Waals surface area (Å²) in [5.41, 5.74) is 3.41. The summed E-state index contributed by atoms with van der Waals surface area (Å²) in [5, 5.41) is 5.66. The third-order valence-electron chi connectivity index (χ3n) is 6.53. The predicted octanol–water partition coefficient (Wildman–Crippen LogP) is 7.36. The lowest BCUT2D eigenvalue weighted by molar-refractivity contribution is 0.0600. The van der Waals surface area contributed by atoms with Crippen LogP contribution in [0.2, 0.25) is 15.1 Å². The first-order chi connectivity index (χ1) is 20.5. The fraction of sp³-hybridized carbons (Fsp3) is 0.226. The van der Waals surface area contributed by atoms with E-state index in [1.807, 2.05) is 0 Å². The topological polar surface area (TPSA) is 108 Å². The number of aromatic nitrogens is 1. The van der Waals surface area contributed by atoms with Crippen molar-refractivity contribution in [3.05, 3.63) is 97.7 Å². The largest absolute Gasteiger partial charge is 0.493 e. The molecule has 1 saturated carbocycles. The quantitative estimate of drug-likeness (QED) is 0.148. The van der Waals surface area contributed by atoms with Crippen molar-refractivity contribution in [2.75, 3.05) is 24.7 Å². The van der Waals surface area contributed by atoms with Gasteiger partial charge in [-0.25, -0.2) is 13.2 Å². The highest BCUT2D eigenvalue weighted by atomic mass is 35.5. The number of nitrogens with zero attached hydrogens (tertiary/aromatic N) is 1. The van der Waals surface area contributed by atoms with Crippen LogP contribution in [0.15, 0.2) is 59.1 Å². The zero-order valence-electron chi connectivity index (χ0n) is 23.0. The number of sulfonamides is 1. The van der Waals surface area contributed by atoms with Gasteiger partial charge in [0, 0.05) is 40.7 Å². The third-order valence-corrected chi connectivity index (χ3v) is 8.08. The predicted molar refractivity (Wildman–Crippen MR) is 167 cm³/mol. The third kappa shape index (κ3) is 7.64. The van der Waals surface area contributed by atoms with E-state index in [1.165, 1.54) is 25.3 Å². The Morgan fingerprint density at radius 1 is 1.05 bits per heavy atom. The minimum absolute atomic E-state index is 0.146. The standard InChI is InChI=1S/C31H25Cl3N2O6S/c1-40-31(37)21-14-18(15-22(16-21)36-43(2,38)39)6-7-19-10-11-23(17-27(19)34)41-13-12-24-29(35-42-30(24)20-8-9-20)28-25(32)4-3-5-26(28)33/h3-5,10-11,14-17,20,36H,8-9,12-13H2,1-2H3. The average molecular weight is 660 g/mol. The second-order valence-electron chi connectivity index (χ2n) is 9.90. The Morgan fingerprint density at radius 2 is 1.79 bits per heavy atom. The second-order valence-corrected chi connectivity index (χ2v) is 12.9. The molecule has 0 saturated heterocycles.